The van der Waals surface area contributed by atoms with Crippen LogP contribution in [0, 0.1) is 0 Å². The van der Waals surface area contributed by atoms with Gasteiger partial charge in [0.1, 0.15) is 5.82 Å². The zero-order chi connectivity index (χ0) is 12.4. The highest BCUT2D eigenvalue weighted by molar-refractivity contribution is 5.74. The number of benzene rings is 1. The lowest BCUT2D eigenvalue weighted by Crippen LogP contribution is -2.42. The molecule has 3 rings (SSSR count). The minimum Gasteiger partial charge on any atom is -0.379 e. The predicted molar refractivity (Wildman–Crippen MR) is 70.3 cm³/mol. The molecule has 5 nitrogen and oxygen atoms in total. The van der Waals surface area contributed by atoms with Crippen molar-refractivity contribution in [3.8, 4) is 0 Å². The molecule has 1 unspecified atom stereocenters. The molecule has 1 atom stereocenters. The van der Waals surface area contributed by atoms with Crippen molar-refractivity contribution in [2.24, 2.45) is 5.73 Å². The molecular formula is C13H18N4O. The number of hydrogen-bond acceptors (Lipinski definition) is 4. The molecule has 0 amide bonds. The van der Waals surface area contributed by atoms with E-state index in [2.05, 4.69) is 14.9 Å². The molecule has 3 N–H and O–H groups in total. The Morgan fingerprint density at radius 3 is 2.83 bits per heavy atom. The van der Waals surface area contributed by atoms with Gasteiger partial charge in [0.2, 0.25) is 0 Å². The smallest absolute Gasteiger partial charge is 0.125 e. The van der Waals surface area contributed by atoms with Gasteiger partial charge in [-0.15, -0.1) is 0 Å². The third-order valence-corrected chi connectivity index (χ3v) is 3.43. The molecule has 1 saturated heterocycles. The van der Waals surface area contributed by atoms with Gasteiger partial charge in [-0.1, -0.05) is 12.1 Å². The maximum atomic E-state index is 5.91. The van der Waals surface area contributed by atoms with E-state index >= 15 is 0 Å². The molecule has 1 aliphatic heterocycles. The van der Waals surface area contributed by atoms with Crippen LogP contribution >= 0.6 is 0 Å². The molecule has 0 saturated carbocycles. The second-order valence-corrected chi connectivity index (χ2v) is 4.54. The van der Waals surface area contributed by atoms with Gasteiger partial charge in [0, 0.05) is 19.6 Å². The van der Waals surface area contributed by atoms with E-state index in [9.17, 15) is 0 Å². The summed E-state index contributed by atoms with van der Waals surface area (Å²) in [6.45, 7) is 3.95. The summed E-state index contributed by atoms with van der Waals surface area (Å²) in [5.74, 6) is 0.959. The Morgan fingerprint density at radius 2 is 2.11 bits per heavy atom. The van der Waals surface area contributed by atoms with E-state index in [1.165, 1.54) is 0 Å². The van der Waals surface area contributed by atoms with Crippen LogP contribution in [0.5, 0.6) is 0 Å². The fourth-order valence-corrected chi connectivity index (χ4v) is 2.45. The number of para-hydroxylation sites is 2. The van der Waals surface area contributed by atoms with Gasteiger partial charge >= 0.3 is 0 Å². The normalized spacial score (nSPS) is 19.2. The van der Waals surface area contributed by atoms with Crippen molar-refractivity contribution in [3.63, 3.8) is 0 Å². The van der Waals surface area contributed by atoms with Crippen LogP contribution in [0.25, 0.3) is 11.0 Å². The first-order valence-corrected chi connectivity index (χ1v) is 6.35. The van der Waals surface area contributed by atoms with Crippen molar-refractivity contribution in [2.45, 2.75) is 6.04 Å². The van der Waals surface area contributed by atoms with Gasteiger partial charge in [-0.2, -0.15) is 0 Å². The minimum absolute atomic E-state index is 0.154. The Hall–Kier alpha value is -1.43. The molecule has 5 heteroatoms. The summed E-state index contributed by atoms with van der Waals surface area (Å²) in [6.07, 6.45) is 0. The number of nitrogens with one attached hydrogen (secondary N) is 1. The van der Waals surface area contributed by atoms with Crippen molar-refractivity contribution in [1.29, 1.82) is 0 Å². The van der Waals surface area contributed by atoms with Gasteiger partial charge in [0.05, 0.1) is 30.3 Å². The van der Waals surface area contributed by atoms with E-state index < -0.39 is 0 Å². The summed E-state index contributed by atoms with van der Waals surface area (Å²) in [4.78, 5) is 10.3. The molecule has 1 aliphatic rings. The van der Waals surface area contributed by atoms with Gasteiger partial charge in [-0.25, -0.2) is 4.98 Å². The summed E-state index contributed by atoms with van der Waals surface area (Å²) >= 11 is 0. The van der Waals surface area contributed by atoms with Gasteiger partial charge in [0.25, 0.3) is 0 Å². The number of rotatable bonds is 3. The second-order valence-electron chi connectivity index (χ2n) is 4.54. The van der Waals surface area contributed by atoms with Crippen LogP contribution in [-0.4, -0.2) is 47.7 Å². The van der Waals surface area contributed by atoms with E-state index in [1.54, 1.807) is 0 Å². The monoisotopic (exact) mass is 246 g/mol. The van der Waals surface area contributed by atoms with Crippen molar-refractivity contribution in [3.05, 3.63) is 30.1 Å². The first kappa shape index (κ1) is 11.6. The van der Waals surface area contributed by atoms with Crippen LogP contribution in [0.4, 0.5) is 0 Å². The molecule has 18 heavy (non-hydrogen) atoms. The van der Waals surface area contributed by atoms with Crippen LogP contribution in [0.2, 0.25) is 0 Å². The minimum atomic E-state index is 0.154. The number of ether oxygens (including phenoxy) is 1. The number of morpholine rings is 1. The van der Waals surface area contributed by atoms with Crippen LogP contribution in [0.1, 0.15) is 11.9 Å². The number of fused-ring (bicyclic) bond motifs is 1. The highest BCUT2D eigenvalue weighted by Crippen LogP contribution is 2.21. The third-order valence-electron chi connectivity index (χ3n) is 3.43. The third kappa shape index (κ3) is 2.12. The van der Waals surface area contributed by atoms with E-state index in [-0.39, 0.29) is 6.04 Å². The molecule has 2 aromatic rings. The lowest BCUT2D eigenvalue weighted by atomic mass is 10.2. The fraction of sp³-hybridized carbons (Fsp3) is 0.462. The molecule has 1 fully saturated rings. The maximum absolute atomic E-state index is 5.91. The van der Waals surface area contributed by atoms with E-state index in [0.717, 1.165) is 43.2 Å². The van der Waals surface area contributed by atoms with Crippen molar-refractivity contribution >= 4 is 11.0 Å². The fourth-order valence-electron chi connectivity index (χ4n) is 2.45. The summed E-state index contributed by atoms with van der Waals surface area (Å²) in [6, 6.07) is 8.22. The summed E-state index contributed by atoms with van der Waals surface area (Å²) < 4.78 is 5.38. The Bertz CT molecular complexity index is 485. The first-order valence-electron chi connectivity index (χ1n) is 6.35. The average molecular weight is 246 g/mol. The average Bonchev–Trinajstić information content (AvgIpc) is 2.84. The van der Waals surface area contributed by atoms with Crippen molar-refractivity contribution < 1.29 is 4.74 Å². The van der Waals surface area contributed by atoms with Gasteiger partial charge in [-0.05, 0) is 12.1 Å². The number of hydrogen-bond donors (Lipinski definition) is 2. The van der Waals surface area contributed by atoms with Gasteiger partial charge in [0.15, 0.2) is 0 Å². The predicted octanol–water partition coefficient (Wildman–Crippen LogP) is 0.895. The van der Waals surface area contributed by atoms with Crippen molar-refractivity contribution in [2.75, 3.05) is 32.8 Å². The maximum Gasteiger partial charge on any atom is 0.125 e. The SMILES string of the molecule is NCC(c1nc2ccccc2[nH]1)N1CCOCC1. The van der Waals surface area contributed by atoms with Crippen LogP contribution < -0.4 is 5.73 Å². The Morgan fingerprint density at radius 1 is 1.33 bits per heavy atom. The summed E-state index contributed by atoms with van der Waals surface area (Å²) in [5, 5.41) is 0. The number of nitrogens with two attached hydrogens (primary N) is 1. The molecule has 0 spiro atoms. The Kier molecular flexibility index (Phi) is 3.27. The molecule has 0 bridgehead atoms. The first-order chi connectivity index (χ1) is 8.88. The largest absolute Gasteiger partial charge is 0.379 e. The van der Waals surface area contributed by atoms with Gasteiger partial charge in [-0.3, -0.25) is 4.90 Å². The highest BCUT2D eigenvalue weighted by Gasteiger charge is 2.23. The van der Waals surface area contributed by atoms with E-state index in [4.69, 9.17) is 10.5 Å². The highest BCUT2D eigenvalue weighted by atomic mass is 16.5. The molecule has 1 aromatic heterocycles. The summed E-state index contributed by atoms with van der Waals surface area (Å²) in [5.41, 5.74) is 7.98. The molecule has 2 heterocycles. The van der Waals surface area contributed by atoms with Crippen molar-refractivity contribution in [1.82, 2.24) is 14.9 Å². The Labute approximate surface area is 106 Å². The topological polar surface area (TPSA) is 67.2 Å². The van der Waals surface area contributed by atoms with Crippen LogP contribution in [-0.2, 0) is 4.74 Å². The Balaban J connectivity index is 1.90. The number of imidazole rings is 1. The zero-order valence-electron chi connectivity index (χ0n) is 10.3. The molecular weight excluding hydrogens is 228 g/mol. The molecule has 96 valence electrons. The number of aromatic amines is 1. The lowest BCUT2D eigenvalue weighted by Gasteiger charge is -2.32. The second kappa shape index (κ2) is 5.06. The standard InChI is InChI=1S/C13H18N4O/c14-9-12(17-5-7-18-8-6-17)13-15-10-3-1-2-4-11(10)16-13/h1-4,12H,5-9,14H2,(H,15,16). The lowest BCUT2D eigenvalue weighted by molar-refractivity contribution is 0.0164. The summed E-state index contributed by atoms with van der Waals surface area (Å²) in [7, 11) is 0. The molecule has 0 aliphatic carbocycles. The van der Waals surface area contributed by atoms with Gasteiger partial charge < -0.3 is 15.5 Å². The number of nitrogens with zero attached hydrogens (tertiary/aromatic N) is 2. The quantitative estimate of drug-likeness (QED) is 0.844. The zero-order valence-corrected chi connectivity index (χ0v) is 10.3. The van der Waals surface area contributed by atoms with E-state index in [1.807, 2.05) is 24.3 Å². The molecule has 1 aromatic carbocycles. The van der Waals surface area contributed by atoms with Crippen LogP contribution in [0.15, 0.2) is 24.3 Å². The van der Waals surface area contributed by atoms with E-state index in [0.29, 0.717) is 6.54 Å². The van der Waals surface area contributed by atoms with Crippen LogP contribution in [0.3, 0.4) is 0 Å². The number of aromatic nitrogens is 2. The number of H-pyrrole nitrogens is 1. The molecule has 0 radical (unpaired) electrons.